The predicted molar refractivity (Wildman–Crippen MR) is 45.7 cm³/mol. The van der Waals surface area contributed by atoms with Crippen LogP contribution in [-0.4, -0.2) is 41.5 Å². The highest BCUT2D eigenvalue weighted by atomic mass is 16.4. The molecule has 0 spiro atoms. The first-order chi connectivity index (χ1) is 7.00. The zero-order valence-corrected chi connectivity index (χ0v) is 7.57. The van der Waals surface area contributed by atoms with Crippen LogP contribution in [0.5, 0.6) is 0 Å². The molecule has 15 heavy (non-hydrogen) atoms. The summed E-state index contributed by atoms with van der Waals surface area (Å²) in [5, 5.41) is 14.5. The largest absolute Gasteiger partial charge is 0.481 e. The molecule has 0 aromatic heterocycles. The Balaban J connectivity index is 2.46. The number of amides is 4. The first-order valence-corrected chi connectivity index (χ1v) is 4.11. The van der Waals surface area contributed by atoms with Crippen LogP contribution < -0.4 is 16.0 Å². The van der Waals surface area contributed by atoms with E-state index in [4.69, 9.17) is 5.11 Å². The van der Waals surface area contributed by atoms with E-state index in [2.05, 4.69) is 5.32 Å². The lowest BCUT2D eigenvalue weighted by atomic mass is 10.2. The number of carboxylic acid groups (broad SMARTS) is 1. The minimum Gasteiger partial charge on any atom is -0.481 e. The van der Waals surface area contributed by atoms with Gasteiger partial charge in [-0.15, -0.1) is 0 Å². The fourth-order valence-electron chi connectivity index (χ4n) is 1.03. The number of aliphatic carboxylic acids is 1. The van der Waals surface area contributed by atoms with Crippen molar-refractivity contribution in [1.82, 2.24) is 16.0 Å². The van der Waals surface area contributed by atoms with Crippen molar-refractivity contribution in [2.75, 3.05) is 6.54 Å². The van der Waals surface area contributed by atoms with E-state index in [0.29, 0.717) is 0 Å². The number of nitrogens with one attached hydrogen (secondary N) is 3. The summed E-state index contributed by atoms with van der Waals surface area (Å²) in [7, 11) is 0. The highest BCUT2D eigenvalue weighted by Crippen LogP contribution is 1.92. The summed E-state index contributed by atoms with van der Waals surface area (Å²) in [6, 6.07) is -2.09. The molecule has 4 N–H and O–H groups in total. The molecule has 0 aromatic carbocycles. The Labute approximate surface area is 84.0 Å². The summed E-state index contributed by atoms with van der Waals surface area (Å²) < 4.78 is 0. The van der Waals surface area contributed by atoms with Crippen molar-refractivity contribution >= 4 is 23.8 Å². The topological polar surface area (TPSA) is 125 Å². The second-order valence-corrected chi connectivity index (χ2v) is 2.84. The van der Waals surface area contributed by atoms with Crippen molar-refractivity contribution in [1.29, 1.82) is 0 Å². The maximum absolute atomic E-state index is 11.1. The second-order valence-electron chi connectivity index (χ2n) is 2.84. The highest BCUT2D eigenvalue weighted by molar-refractivity contribution is 6.18. The molecule has 0 unspecified atom stereocenters. The summed E-state index contributed by atoms with van der Waals surface area (Å²) in [6.45, 7) is -0.0327. The first-order valence-electron chi connectivity index (χ1n) is 4.11. The minimum absolute atomic E-state index is 0.0327. The van der Waals surface area contributed by atoms with Gasteiger partial charge in [0.15, 0.2) is 6.04 Å². The van der Waals surface area contributed by atoms with Gasteiger partial charge >= 0.3 is 12.0 Å². The van der Waals surface area contributed by atoms with Crippen LogP contribution in [0.25, 0.3) is 0 Å². The van der Waals surface area contributed by atoms with E-state index < -0.39 is 29.9 Å². The van der Waals surface area contributed by atoms with Crippen LogP contribution in [0.2, 0.25) is 0 Å². The molecule has 1 heterocycles. The van der Waals surface area contributed by atoms with E-state index in [9.17, 15) is 19.2 Å². The maximum atomic E-state index is 11.1. The van der Waals surface area contributed by atoms with Gasteiger partial charge < -0.3 is 5.11 Å². The number of hydrogen-bond acceptors (Lipinski definition) is 5. The number of carbonyl (C=O) groups is 4. The van der Waals surface area contributed by atoms with Crippen molar-refractivity contribution in [3.63, 3.8) is 0 Å². The van der Waals surface area contributed by atoms with Gasteiger partial charge in [0, 0.05) is 6.54 Å². The lowest BCUT2D eigenvalue weighted by molar-refractivity contribution is -0.138. The second kappa shape index (κ2) is 4.51. The van der Waals surface area contributed by atoms with Crippen molar-refractivity contribution < 1.29 is 24.3 Å². The molecule has 1 saturated heterocycles. The molecular weight excluding hydrogens is 206 g/mol. The third-order valence-corrected chi connectivity index (χ3v) is 1.69. The molecule has 0 saturated carbocycles. The Morgan fingerprint density at radius 1 is 1.27 bits per heavy atom. The van der Waals surface area contributed by atoms with Gasteiger partial charge in [-0.3, -0.25) is 30.3 Å². The summed E-state index contributed by atoms with van der Waals surface area (Å²) >= 11 is 0. The number of imide groups is 2. The number of carboxylic acids is 1. The van der Waals surface area contributed by atoms with Gasteiger partial charge in [-0.25, -0.2) is 4.79 Å². The third kappa shape index (κ3) is 3.02. The zero-order valence-electron chi connectivity index (χ0n) is 7.57. The SMILES string of the molecule is O=C(O)CCNC1C(=O)NC(=O)NC1=O. The van der Waals surface area contributed by atoms with Crippen LogP contribution >= 0.6 is 0 Å². The van der Waals surface area contributed by atoms with Crippen molar-refractivity contribution in [2.24, 2.45) is 0 Å². The normalized spacial score (nSPS) is 17.2. The Morgan fingerprint density at radius 3 is 2.27 bits per heavy atom. The van der Waals surface area contributed by atoms with Crippen LogP contribution in [-0.2, 0) is 14.4 Å². The molecule has 1 rings (SSSR count). The smallest absolute Gasteiger partial charge is 0.328 e. The summed E-state index contributed by atoms with van der Waals surface area (Å²) in [6.07, 6.45) is -0.217. The van der Waals surface area contributed by atoms with E-state index in [-0.39, 0.29) is 13.0 Å². The minimum atomic E-state index is -1.22. The van der Waals surface area contributed by atoms with Crippen LogP contribution in [0.15, 0.2) is 0 Å². The summed E-state index contributed by atoms with van der Waals surface area (Å²) in [5.41, 5.74) is 0. The van der Waals surface area contributed by atoms with Gasteiger partial charge in [0.1, 0.15) is 0 Å². The predicted octanol–water partition coefficient (Wildman–Crippen LogP) is -2.21. The Morgan fingerprint density at radius 2 is 1.80 bits per heavy atom. The van der Waals surface area contributed by atoms with Crippen LogP contribution in [0.3, 0.4) is 0 Å². The number of carbonyl (C=O) groups excluding carboxylic acids is 3. The van der Waals surface area contributed by atoms with Crippen molar-refractivity contribution in [3.05, 3.63) is 0 Å². The molecule has 0 aromatic rings. The molecule has 0 bridgehead atoms. The fourth-order valence-corrected chi connectivity index (χ4v) is 1.03. The quantitative estimate of drug-likeness (QED) is 0.394. The van der Waals surface area contributed by atoms with Crippen LogP contribution in [0.4, 0.5) is 4.79 Å². The molecule has 1 aliphatic rings. The van der Waals surface area contributed by atoms with Crippen LogP contribution in [0, 0.1) is 0 Å². The van der Waals surface area contributed by atoms with Crippen molar-refractivity contribution in [2.45, 2.75) is 12.5 Å². The zero-order chi connectivity index (χ0) is 11.4. The fraction of sp³-hybridized carbons (Fsp3) is 0.429. The van der Waals surface area contributed by atoms with E-state index in [1.165, 1.54) is 0 Å². The Kier molecular flexibility index (Phi) is 3.34. The van der Waals surface area contributed by atoms with Gasteiger partial charge in [-0.05, 0) is 0 Å². The molecule has 82 valence electrons. The molecule has 8 nitrogen and oxygen atoms in total. The molecule has 0 aliphatic carbocycles. The Bertz CT molecular complexity index is 307. The summed E-state index contributed by atoms with van der Waals surface area (Å²) in [4.78, 5) is 43.0. The average Bonchev–Trinajstić information content (AvgIpc) is 2.08. The van der Waals surface area contributed by atoms with Gasteiger partial charge in [0.05, 0.1) is 6.42 Å². The molecule has 0 atom stereocenters. The lowest BCUT2D eigenvalue weighted by Gasteiger charge is -2.20. The summed E-state index contributed by atoms with van der Waals surface area (Å²) in [5.74, 6) is -2.61. The highest BCUT2D eigenvalue weighted by Gasteiger charge is 2.33. The Hall–Kier alpha value is -1.96. The van der Waals surface area contributed by atoms with Gasteiger partial charge in [0.2, 0.25) is 0 Å². The maximum Gasteiger partial charge on any atom is 0.328 e. The van der Waals surface area contributed by atoms with Crippen molar-refractivity contribution in [3.8, 4) is 0 Å². The first kappa shape index (κ1) is 11.1. The number of urea groups is 1. The molecule has 4 amide bonds. The van der Waals surface area contributed by atoms with Gasteiger partial charge in [-0.2, -0.15) is 0 Å². The lowest BCUT2D eigenvalue weighted by Crippen LogP contribution is -2.63. The van der Waals surface area contributed by atoms with E-state index >= 15 is 0 Å². The van der Waals surface area contributed by atoms with Gasteiger partial charge in [0.25, 0.3) is 11.8 Å². The third-order valence-electron chi connectivity index (χ3n) is 1.69. The number of barbiturate groups is 1. The molecule has 8 heteroatoms. The number of hydrogen-bond donors (Lipinski definition) is 4. The van der Waals surface area contributed by atoms with E-state index in [1.807, 2.05) is 10.6 Å². The standard InChI is InChI=1S/C7H9N3O5/c11-3(12)1-2-8-4-5(13)9-7(15)10-6(4)14/h4,8H,1-2H2,(H,11,12)(H2,9,10,13,14,15). The molecular formula is C7H9N3O5. The number of rotatable bonds is 4. The monoisotopic (exact) mass is 215 g/mol. The van der Waals surface area contributed by atoms with E-state index in [1.54, 1.807) is 0 Å². The van der Waals surface area contributed by atoms with Gasteiger partial charge in [-0.1, -0.05) is 0 Å². The molecule has 1 fully saturated rings. The average molecular weight is 215 g/mol. The van der Waals surface area contributed by atoms with E-state index in [0.717, 1.165) is 0 Å². The molecule has 1 aliphatic heterocycles. The molecule has 0 radical (unpaired) electrons. The van der Waals surface area contributed by atoms with Crippen LogP contribution in [0.1, 0.15) is 6.42 Å².